The normalized spacial score (nSPS) is 17.1. The Bertz CT molecular complexity index is 790. The molecule has 0 atom stereocenters. The van der Waals surface area contributed by atoms with Crippen molar-refractivity contribution >= 4 is 16.0 Å². The highest BCUT2D eigenvalue weighted by atomic mass is 32.2. The summed E-state index contributed by atoms with van der Waals surface area (Å²) in [5.74, 6) is 0.494. The van der Waals surface area contributed by atoms with Crippen molar-refractivity contribution < 1.29 is 21.6 Å². The van der Waals surface area contributed by atoms with Gasteiger partial charge in [-0.15, -0.1) is 0 Å². The average molecular weight is 421 g/mol. The minimum Gasteiger partial charge on any atom is -0.356 e. The molecular weight excluding hydrogens is 393 g/mol. The first-order valence-corrected chi connectivity index (χ1v) is 10.9. The van der Waals surface area contributed by atoms with Gasteiger partial charge in [-0.25, -0.2) is 13.1 Å². The molecule has 1 aliphatic rings. The van der Waals surface area contributed by atoms with Gasteiger partial charge < -0.3 is 10.6 Å². The van der Waals surface area contributed by atoms with Crippen LogP contribution in [-0.2, 0) is 21.6 Å². The summed E-state index contributed by atoms with van der Waals surface area (Å²) in [6, 6.07) is 5.51. The van der Waals surface area contributed by atoms with Gasteiger partial charge in [-0.3, -0.25) is 4.99 Å². The summed E-state index contributed by atoms with van der Waals surface area (Å²) in [5, 5.41) is 6.17. The lowest BCUT2D eigenvalue weighted by Gasteiger charge is -2.43. The van der Waals surface area contributed by atoms with Gasteiger partial charge in [0.2, 0.25) is 10.0 Å². The molecule has 3 N–H and O–H groups in total. The van der Waals surface area contributed by atoms with E-state index in [0.717, 1.165) is 25.3 Å². The Hall–Kier alpha value is -1.81. The third-order valence-electron chi connectivity index (χ3n) is 5.05. The summed E-state index contributed by atoms with van der Waals surface area (Å²) in [6.07, 6.45) is -1.80. The minimum absolute atomic E-state index is 0.0134. The summed E-state index contributed by atoms with van der Waals surface area (Å²) in [4.78, 5) is 4.09. The molecule has 0 aromatic heterocycles. The van der Waals surface area contributed by atoms with E-state index in [4.69, 9.17) is 0 Å². The Labute approximate surface area is 164 Å². The molecule has 0 spiro atoms. The van der Waals surface area contributed by atoms with Crippen LogP contribution in [0.15, 0.2) is 29.3 Å². The number of nitrogens with zero attached hydrogens (tertiary/aromatic N) is 1. The Balaban J connectivity index is 1.95. The number of guanidine groups is 1. The number of halogens is 3. The molecular formula is C18H27F3N4O2S. The zero-order valence-corrected chi connectivity index (χ0v) is 16.9. The predicted octanol–water partition coefficient (Wildman–Crippen LogP) is 2.23. The van der Waals surface area contributed by atoms with Crippen molar-refractivity contribution in [2.24, 2.45) is 4.99 Å². The number of benzene rings is 1. The van der Waals surface area contributed by atoms with E-state index in [1.165, 1.54) is 12.1 Å². The van der Waals surface area contributed by atoms with Gasteiger partial charge in [-0.05, 0) is 31.4 Å². The van der Waals surface area contributed by atoms with Crippen LogP contribution in [0.4, 0.5) is 13.2 Å². The molecule has 0 heterocycles. The fraction of sp³-hybridized carbons (Fsp3) is 0.611. The van der Waals surface area contributed by atoms with E-state index in [2.05, 4.69) is 20.3 Å². The third kappa shape index (κ3) is 5.84. The molecule has 1 aromatic carbocycles. The molecule has 28 heavy (non-hydrogen) atoms. The van der Waals surface area contributed by atoms with E-state index < -0.39 is 21.8 Å². The highest BCUT2D eigenvalue weighted by Gasteiger charge is 2.40. The number of rotatable bonds is 8. The lowest BCUT2D eigenvalue weighted by Crippen LogP contribution is -2.49. The van der Waals surface area contributed by atoms with Gasteiger partial charge >= 0.3 is 6.18 Å². The zero-order chi connectivity index (χ0) is 20.8. The first kappa shape index (κ1) is 22.5. The molecule has 1 aliphatic carbocycles. The van der Waals surface area contributed by atoms with E-state index in [1.54, 1.807) is 20.0 Å². The second kappa shape index (κ2) is 9.13. The van der Waals surface area contributed by atoms with Crippen LogP contribution < -0.4 is 15.4 Å². The van der Waals surface area contributed by atoms with Crippen molar-refractivity contribution in [2.45, 2.75) is 37.8 Å². The van der Waals surface area contributed by atoms with E-state index in [1.807, 2.05) is 0 Å². The van der Waals surface area contributed by atoms with Crippen molar-refractivity contribution in [3.63, 3.8) is 0 Å². The molecule has 0 bridgehead atoms. The van der Waals surface area contributed by atoms with Gasteiger partial charge in [0, 0.05) is 32.1 Å². The highest BCUT2D eigenvalue weighted by Crippen LogP contribution is 2.44. The largest absolute Gasteiger partial charge is 0.416 e. The summed E-state index contributed by atoms with van der Waals surface area (Å²) in [6.45, 7) is 2.57. The standard InChI is InChI=1S/C18H27F3N4O2S/c1-3-28(26,27)25-11-10-23-16(22-2)24-13-17(8-5-9-17)14-6-4-7-15(12-14)18(19,20)21/h4,6-7,12,25H,3,5,8-11,13H2,1-2H3,(H2,22,23,24). The fourth-order valence-corrected chi connectivity index (χ4v) is 3.78. The third-order valence-corrected chi connectivity index (χ3v) is 6.45. The van der Waals surface area contributed by atoms with Gasteiger partial charge in [0.1, 0.15) is 0 Å². The van der Waals surface area contributed by atoms with Crippen molar-refractivity contribution in [2.75, 3.05) is 32.4 Å². The van der Waals surface area contributed by atoms with Gasteiger partial charge in [0.05, 0.1) is 11.3 Å². The van der Waals surface area contributed by atoms with Crippen LogP contribution in [0.1, 0.15) is 37.3 Å². The number of aliphatic imine (C=N–C) groups is 1. The molecule has 0 saturated heterocycles. The lowest BCUT2D eigenvalue weighted by atomic mass is 9.64. The lowest BCUT2D eigenvalue weighted by molar-refractivity contribution is -0.137. The SMILES string of the molecule is CCS(=O)(=O)NCCNC(=NC)NCC1(c2cccc(C(F)(F)F)c2)CCC1. The molecule has 1 fully saturated rings. The number of sulfonamides is 1. The maximum atomic E-state index is 13.0. The number of nitrogens with one attached hydrogen (secondary N) is 3. The second-order valence-corrected chi connectivity index (χ2v) is 8.96. The van der Waals surface area contributed by atoms with Crippen LogP contribution >= 0.6 is 0 Å². The van der Waals surface area contributed by atoms with Crippen molar-refractivity contribution in [1.29, 1.82) is 0 Å². The topological polar surface area (TPSA) is 82.6 Å². The van der Waals surface area contributed by atoms with Gasteiger partial charge in [0.15, 0.2) is 5.96 Å². The Morgan fingerprint density at radius 2 is 1.93 bits per heavy atom. The number of alkyl halides is 3. The van der Waals surface area contributed by atoms with Crippen LogP contribution in [0.5, 0.6) is 0 Å². The maximum absolute atomic E-state index is 13.0. The summed E-state index contributed by atoms with van der Waals surface area (Å²) >= 11 is 0. The molecule has 10 heteroatoms. The number of hydrogen-bond donors (Lipinski definition) is 3. The smallest absolute Gasteiger partial charge is 0.356 e. The molecule has 1 saturated carbocycles. The molecule has 2 rings (SSSR count). The first-order valence-electron chi connectivity index (χ1n) is 9.21. The molecule has 6 nitrogen and oxygen atoms in total. The highest BCUT2D eigenvalue weighted by molar-refractivity contribution is 7.89. The van der Waals surface area contributed by atoms with E-state index in [9.17, 15) is 21.6 Å². The molecule has 0 radical (unpaired) electrons. The maximum Gasteiger partial charge on any atom is 0.416 e. The summed E-state index contributed by atoms with van der Waals surface area (Å²) in [5.41, 5.74) is -0.322. The Kier molecular flexibility index (Phi) is 7.33. The van der Waals surface area contributed by atoms with Crippen molar-refractivity contribution in [3.8, 4) is 0 Å². The molecule has 0 unspecified atom stereocenters. The van der Waals surface area contributed by atoms with E-state index >= 15 is 0 Å². The van der Waals surface area contributed by atoms with Crippen molar-refractivity contribution in [1.82, 2.24) is 15.4 Å². The fourth-order valence-electron chi connectivity index (χ4n) is 3.16. The van der Waals surface area contributed by atoms with Gasteiger partial charge in [-0.1, -0.05) is 24.6 Å². The van der Waals surface area contributed by atoms with Gasteiger partial charge in [0.25, 0.3) is 0 Å². The predicted molar refractivity (Wildman–Crippen MR) is 104 cm³/mol. The minimum atomic E-state index is -4.36. The molecule has 1 aromatic rings. The van der Waals surface area contributed by atoms with Crippen LogP contribution in [0.3, 0.4) is 0 Å². The van der Waals surface area contributed by atoms with Gasteiger partial charge in [-0.2, -0.15) is 13.2 Å². The average Bonchev–Trinajstić information content (AvgIpc) is 2.62. The number of hydrogen-bond acceptors (Lipinski definition) is 3. The first-order chi connectivity index (χ1) is 13.1. The Morgan fingerprint density at radius 3 is 2.46 bits per heavy atom. The van der Waals surface area contributed by atoms with Crippen LogP contribution in [0, 0.1) is 0 Å². The van der Waals surface area contributed by atoms with Crippen molar-refractivity contribution in [3.05, 3.63) is 35.4 Å². The molecule has 0 amide bonds. The summed E-state index contributed by atoms with van der Waals surface area (Å²) < 4.78 is 64.4. The molecule has 0 aliphatic heterocycles. The Morgan fingerprint density at radius 1 is 1.21 bits per heavy atom. The van der Waals surface area contributed by atoms with Crippen LogP contribution in [0.25, 0.3) is 0 Å². The monoisotopic (exact) mass is 420 g/mol. The quantitative estimate of drug-likeness (QED) is 0.342. The van der Waals surface area contributed by atoms with E-state index in [-0.39, 0.29) is 17.7 Å². The summed E-state index contributed by atoms with van der Waals surface area (Å²) in [7, 11) is -1.66. The second-order valence-electron chi connectivity index (χ2n) is 6.86. The van der Waals surface area contributed by atoms with Crippen LogP contribution in [-0.4, -0.2) is 46.8 Å². The zero-order valence-electron chi connectivity index (χ0n) is 16.1. The van der Waals surface area contributed by atoms with E-state index in [0.29, 0.717) is 24.6 Å². The van der Waals surface area contributed by atoms with Crippen LogP contribution in [0.2, 0.25) is 0 Å². The molecule has 158 valence electrons.